The Hall–Kier alpha value is -1.77. The maximum atomic E-state index is 11.6. The van der Waals surface area contributed by atoms with Crippen LogP contribution in [-0.2, 0) is 11.2 Å². The minimum Gasteiger partial charge on any atom is -0.306 e. The quantitative estimate of drug-likeness (QED) is 0.760. The number of rotatable bonds is 2. The van der Waals surface area contributed by atoms with Gasteiger partial charge in [0.05, 0.1) is 5.92 Å². The van der Waals surface area contributed by atoms with Gasteiger partial charge in [0.2, 0.25) is 5.91 Å². The van der Waals surface area contributed by atoms with Crippen LogP contribution in [0.15, 0.2) is 42.1 Å². The average molecular weight is 202 g/mol. The van der Waals surface area contributed by atoms with E-state index in [0.717, 1.165) is 12.0 Å². The molecule has 15 heavy (non-hydrogen) atoms. The van der Waals surface area contributed by atoms with Gasteiger partial charge in [-0.1, -0.05) is 30.3 Å². The van der Waals surface area contributed by atoms with Gasteiger partial charge in [0.25, 0.3) is 0 Å². The van der Waals surface area contributed by atoms with Crippen LogP contribution in [0.2, 0.25) is 0 Å². The summed E-state index contributed by atoms with van der Waals surface area (Å²) in [4.78, 5) is 11.6. The van der Waals surface area contributed by atoms with Gasteiger partial charge in [0.1, 0.15) is 0 Å². The molecule has 0 saturated heterocycles. The lowest BCUT2D eigenvalue weighted by molar-refractivity contribution is -0.125. The van der Waals surface area contributed by atoms with Crippen LogP contribution >= 0.6 is 0 Å². The van der Waals surface area contributed by atoms with E-state index in [9.17, 15) is 4.79 Å². The van der Waals surface area contributed by atoms with E-state index in [2.05, 4.69) is 10.9 Å². The molecule has 0 saturated carbocycles. The highest BCUT2D eigenvalue weighted by Crippen LogP contribution is 2.18. The molecule has 0 aromatic heterocycles. The summed E-state index contributed by atoms with van der Waals surface area (Å²) >= 11 is 0. The summed E-state index contributed by atoms with van der Waals surface area (Å²) in [7, 11) is 0. The van der Waals surface area contributed by atoms with Crippen molar-refractivity contribution in [2.24, 2.45) is 5.92 Å². The summed E-state index contributed by atoms with van der Waals surface area (Å²) in [6.07, 6.45) is 2.60. The molecule has 1 aromatic rings. The minimum atomic E-state index is -0.0475. The van der Waals surface area contributed by atoms with E-state index < -0.39 is 0 Å². The van der Waals surface area contributed by atoms with Crippen LogP contribution in [0.1, 0.15) is 12.5 Å². The van der Waals surface area contributed by atoms with Gasteiger partial charge in [-0.15, -0.1) is 0 Å². The number of benzene rings is 1. The molecule has 3 nitrogen and oxygen atoms in total. The molecular formula is C12H14N2O. The molecule has 3 heteroatoms. The van der Waals surface area contributed by atoms with E-state index in [-0.39, 0.29) is 11.8 Å². The van der Waals surface area contributed by atoms with Crippen molar-refractivity contribution in [2.45, 2.75) is 13.3 Å². The first-order valence-corrected chi connectivity index (χ1v) is 5.03. The minimum absolute atomic E-state index is 0.0406. The molecule has 1 atom stereocenters. The molecular weight excluding hydrogens is 188 g/mol. The van der Waals surface area contributed by atoms with Crippen LogP contribution in [0.25, 0.3) is 0 Å². The van der Waals surface area contributed by atoms with Crippen LogP contribution in [-0.4, -0.2) is 5.91 Å². The first-order valence-electron chi connectivity index (χ1n) is 5.03. The van der Waals surface area contributed by atoms with Crippen LogP contribution < -0.4 is 10.9 Å². The Morgan fingerprint density at radius 2 is 2.00 bits per heavy atom. The lowest BCUT2D eigenvalue weighted by atomic mass is 9.92. The number of hydrazine groups is 1. The van der Waals surface area contributed by atoms with E-state index in [1.807, 2.05) is 43.5 Å². The van der Waals surface area contributed by atoms with E-state index in [1.54, 1.807) is 0 Å². The lowest BCUT2D eigenvalue weighted by Crippen LogP contribution is -2.43. The Kier molecular flexibility index (Phi) is 2.72. The zero-order valence-electron chi connectivity index (χ0n) is 8.66. The third-order valence-electron chi connectivity index (χ3n) is 2.64. The monoisotopic (exact) mass is 202 g/mol. The number of nitrogens with one attached hydrogen (secondary N) is 2. The van der Waals surface area contributed by atoms with Crippen LogP contribution in [0.5, 0.6) is 0 Å². The largest absolute Gasteiger partial charge is 0.306 e. The zero-order chi connectivity index (χ0) is 10.7. The van der Waals surface area contributed by atoms with Gasteiger partial charge < -0.3 is 5.43 Å². The third kappa shape index (κ3) is 2.18. The smallest absolute Gasteiger partial charge is 0.245 e. The highest BCUT2D eigenvalue weighted by atomic mass is 16.2. The fourth-order valence-corrected chi connectivity index (χ4v) is 1.72. The van der Waals surface area contributed by atoms with Crippen molar-refractivity contribution < 1.29 is 4.79 Å². The normalized spacial score (nSPS) is 20.2. The molecule has 1 aromatic carbocycles. The zero-order valence-corrected chi connectivity index (χ0v) is 8.66. The Morgan fingerprint density at radius 3 is 2.67 bits per heavy atom. The molecule has 1 heterocycles. The van der Waals surface area contributed by atoms with E-state index in [1.165, 1.54) is 5.56 Å². The van der Waals surface area contributed by atoms with Gasteiger partial charge in [-0.05, 0) is 24.5 Å². The summed E-state index contributed by atoms with van der Waals surface area (Å²) in [5.74, 6) is -0.00694. The molecule has 0 spiro atoms. The number of hydrogen-bond donors (Lipinski definition) is 2. The number of carbonyl (C=O) groups excluding carboxylic acids is 1. The molecule has 1 amide bonds. The third-order valence-corrected chi connectivity index (χ3v) is 2.64. The highest BCUT2D eigenvalue weighted by molar-refractivity contribution is 5.82. The maximum absolute atomic E-state index is 11.6. The summed E-state index contributed by atoms with van der Waals surface area (Å²) in [6, 6.07) is 10.1. The number of hydrogen-bond acceptors (Lipinski definition) is 2. The molecule has 2 N–H and O–H groups in total. The second-order valence-electron chi connectivity index (χ2n) is 3.76. The Labute approximate surface area is 89.2 Å². The van der Waals surface area contributed by atoms with Crippen molar-refractivity contribution in [3.8, 4) is 0 Å². The summed E-state index contributed by atoms with van der Waals surface area (Å²) in [6.45, 7) is 1.97. The van der Waals surface area contributed by atoms with Crippen molar-refractivity contribution in [1.82, 2.24) is 10.9 Å². The SMILES string of the molecule is CC1=CNNC(=O)[C@@H]1Cc1ccccc1. The van der Waals surface area contributed by atoms with Gasteiger partial charge in [-0.2, -0.15) is 0 Å². The van der Waals surface area contributed by atoms with E-state index in [4.69, 9.17) is 0 Å². The molecule has 0 fully saturated rings. The Bertz CT molecular complexity index is 384. The van der Waals surface area contributed by atoms with Gasteiger partial charge in [-0.3, -0.25) is 10.2 Å². The molecule has 78 valence electrons. The molecule has 0 radical (unpaired) electrons. The molecule has 0 unspecified atom stereocenters. The van der Waals surface area contributed by atoms with E-state index >= 15 is 0 Å². The summed E-state index contributed by atoms with van der Waals surface area (Å²) in [5, 5.41) is 0. The fourth-order valence-electron chi connectivity index (χ4n) is 1.72. The Balaban J connectivity index is 2.14. The van der Waals surface area contributed by atoms with Gasteiger partial charge in [0, 0.05) is 6.20 Å². The lowest BCUT2D eigenvalue weighted by Gasteiger charge is -2.22. The van der Waals surface area contributed by atoms with Crippen molar-refractivity contribution >= 4 is 5.91 Å². The van der Waals surface area contributed by atoms with Crippen molar-refractivity contribution in [3.05, 3.63) is 47.7 Å². The maximum Gasteiger partial charge on any atom is 0.245 e. The summed E-state index contributed by atoms with van der Waals surface area (Å²) in [5.41, 5.74) is 7.62. The van der Waals surface area contributed by atoms with Gasteiger partial charge >= 0.3 is 0 Å². The molecule has 1 aliphatic rings. The predicted octanol–water partition coefficient (Wildman–Crippen LogP) is 1.38. The van der Waals surface area contributed by atoms with Gasteiger partial charge in [-0.25, -0.2) is 0 Å². The van der Waals surface area contributed by atoms with E-state index in [0.29, 0.717) is 0 Å². The highest BCUT2D eigenvalue weighted by Gasteiger charge is 2.23. The van der Waals surface area contributed by atoms with Crippen molar-refractivity contribution in [1.29, 1.82) is 0 Å². The molecule has 1 aliphatic heterocycles. The second kappa shape index (κ2) is 4.17. The second-order valence-corrected chi connectivity index (χ2v) is 3.76. The standard InChI is InChI=1S/C12H14N2O/c1-9-8-13-14-12(15)11(9)7-10-5-3-2-4-6-10/h2-6,8,11,13H,7H2,1H3,(H,14,15)/t11-/m1/s1. The van der Waals surface area contributed by atoms with Crippen LogP contribution in [0.3, 0.4) is 0 Å². The number of amides is 1. The first kappa shape index (κ1) is 9.77. The van der Waals surface area contributed by atoms with Crippen molar-refractivity contribution in [3.63, 3.8) is 0 Å². The number of carbonyl (C=O) groups is 1. The van der Waals surface area contributed by atoms with Gasteiger partial charge in [0.15, 0.2) is 0 Å². The average Bonchev–Trinajstić information content (AvgIpc) is 2.25. The molecule has 2 rings (SSSR count). The molecule has 0 bridgehead atoms. The molecule has 0 aliphatic carbocycles. The van der Waals surface area contributed by atoms with Crippen molar-refractivity contribution in [2.75, 3.05) is 0 Å². The first-order chi connectivity index (χ1) is 7.27. The summed E-state index contributed by atoms with van der Waals surface area (Å²) < 4.78 is 0. The van der Waals surface area contributed by atoms with Crippen LogP contribution in [0.4, 0.5) is 0 Å². The topological polar surface area (TPSA) is 41.1 Å². The predicted molar refractivity (Wildman–Crippen MR) is 58.7 cm³/mol. The fraction of sp³-hybridized carbons (Fsp3) is 0.250. The van der Waals surface area contributed by atoms with Crippen LogP contribution in [0, 0.1) is 5.92 Å². The Morgan fingerprint density at radius 1 is 1.27 bits per heavy atom.